The van der Waals surface area contributed by atoms with Crippen molar-refractivity contribution in [1.29, 1.82) is 0 Å². The normalized spacial score (nSPS) is 14.4. The lowest BCUT2D eigenvalue weighted by molar-refractivity contribution is 0.194. The highest BCUT2D eigenvalue weighted by molar-refractivity contribution is 5.57. The van der Waals surface area contributed by atoms with E-state index in [9.17, 15) is 0 Å². The second kappa shape index (κ2) is 15.6. The predicted molar refractivity (Wildman–Crippen MR) is 143 cm³/mol. The Morgan fingerprint density at radius 3 is 1.48 bits per heavy atom. The quantitative estimate of drug-likeness (QED) is 0.252. The highest BCUT2D eigenvalue weighted by atomic mass is 16.5. The van der Waals surface area contributed by atoms with Crippen LogP contribution in [0.25, 0.3) is 0 Å². The van der Waals surface area contributed by atoms with Crippen molar-refractivity contribution < 1.29 is 14.6 Å². The lowest BCUT2D eigenvalue weighted by atomic mass is 9.92. The standard InChI is InChI=1S/C30H54O3/c1-21(2)13-10-14-22(3)15-11-16-23(4)17-12-18-24(5)33-30-27(8)25(6)29(32-20-19-31)26(7)28(30)9/h21-24,31H,10-20H2,1-9H3/t22-,23-,24?/m1/s1. The number of rotatable bonds is 17. The summed E-state index contributed by atoms with van der Waals surface area (Å²) < 4.78 is 12.2. The molecule has 0 radical (unpaired) electrons. The van der Waals surface area contributed by atoms with Crippen LogP contribution in [0.5, 0.6) is 11.5 Å². The van der Waals surface area contributed by atoms with E-state index in [2.05, 4.69) is 62.3 Å². The van der Waals surface area contributed by atoms with Crippen LogP contribution in [-0.4, -0.2) is 24.4 Å². The van der Waals surface area contributed by atoms with Crippen molar-refractivity contribution in [2.45, 2.75) is 126 Å². The minimum Gasteiger partial charge on any atom is -0.491 e. The zero-order valence-corrected chi connectivity index (χ0v) is 23.4. The molecule has 3 atom stereocenters. The van der Waals surface area contributed by atoms with Gasteiger partial charge in [-0.05, 0) is 87.5 Å². The lowest BCUT2D eigenvalue weighted by Crippen LogP contribution is -2.15. The largest absolute Gasteiger partial charge is 0.491 e. The van der Waals surface area contributed by atoms with Crippen LogP contribution in [0.4, 0.5) is 0 Å². The summed E-state index contributed by atoms with van der Waals surface area (Å²) in [5.41, 5.74) is 4.52. The molecular weight excluding hydrogens is 408 g/mol. The molecule has 0 aliphatic rings. The molecule has 1 aromatic rings. The Bertz CT molecular complexity index is 651. The minimum atomic E-state index is 0.0298. The highest BCUT2D eigenvalue weighted by Gasteiger charge is 2.19. The average Bonchev–Trinajstić information content (AvgIpc) is 2.75. The van der Waals surface area contributed by atoms with E-state index >= 15 is 0 Å². The van der Waals surface area contributed by atoms with Gasteiger partial charge in [0.05, 0.1) is 12.7 Å². The number of aliphatic hydroxyl groups is 1. The fourth-order valence-corrected chi connectivity index (χ4v) is 4.78. The molecule has 0 fully saturated rings. The summed E-state index contributed by atoms with van der Waals surface area (Å²) in [5, 5.41) is 9.11. The van der Waals surface area contributed by atoms with Crippen molar-refractivity contribution in [2.24, 2.45) is 17.8 Å². The molecular formula is C30H54O3. The Kier molecular flexibility index (Phi) is 14.1. The van der Waals surface area contributed by atoms with Crippen molar-refractivity contribution in [3.05, 3.63) is 22.3 Å². The average molecular weight is 463 g/mol. The van der Waals surface area contributed by atoms with Gasteiger partial charge in [0.1, 0.15) is 18.1 Å². The van der Waals surface area contributed by atoms with Gasteiger partial charge in [-0.3, -0.25) is 0 Å². The number of benzene rings is 1. The van der Waals surface area contributed by atoms with E-state index in [1.807, 2.05) is 0 Å². The van der Waals surface area contributed by atoms with Gasteiger partial charge >= 0.3 is 0 Å². The van der Waals surface area contributed by atoms with E-state index in [1.165, 1.54) is 51.4 Å². The first-order valence-electron chi connectivity index (χ1n) is 13.6. The van der Waals surface area contributed by atoms with E-state index in [-0.39, 0.29) is 12.7 Å². The van der Waals surface area contributed by atoms with Crippen LogP contribution in [0.1, 0.15) is 115 Å². The number of ether oxygens (including phenoxy) is 2. The van der Waals surface area contributed by atoms with Gasteiger partial charge in [-0.1, -0.05) is 72.6 Å². The Labute approximate surface area is 205 Å². The highest BCUT2D eigenvalue weighted by Crippen LogP contribution is 2.38. The van der Waals surface area contributed by atoms with Crippen LogP contribution < -0.4 is 9.47 Å². The van der Waals surface area contributed by atoms with Gasteiger partial charge in [-0.15, -0.1) is 0 Å². The number of hydrogen-bond donors (Lipinski definition) is 1. The van der Waals surface area contributed by atoms with Gasteiger partial charge in [-0.25, -0.2) is 0 Å². The molecule has 0 amide bonds. The van der Waals surface area contributed by atoms with Gasteiger partial charge in [0.2, 0.25) is 0 Å². The van der Waals surface area contributed by atoms with Crippen molar-refractivity contribution in [2.75, 3.05) is 13.2 Å². The Hall–Kier alpha value is -1.22. The molecule has 0 aromatic heterocycles. The molecule has 0 aliphatic carbocycles. The molecule has 0 saturated heterocycles. The van der Waals surface area contributed by atoms with Crippen LogP contribution in [0, 0.1) is 45.4 Å². The van der Waals surface area contributed by atoms with Crippen LogP contribution in [0.15, 0.2) is 0 Å². The first-order chi connectivity index (χ1) is 15.6. The summed E-state index contributed by atoms with van der Waals surface area (Å²) >= 11 is 0. The molecule has 0 bridgehead atoms. The maximum absolute atomic E-state index is 9.11. The van der Waals surface area contributed by atoms with Crippen molar-refractivity contribution in [3.8, 4) is 11.5 Å². The fourth-order valence-electron chi connectivity index (χ4n) is 4.78. The molecule has 1 rings (SSSR count). The van der Waals surface area contributed by atoms with Crippen LogP contribution in [-0.2, 0) is 0 Å². The lowest BCUT2D eigenvalue weighted by Gasteiger charge is -2.24. The Morgan fingerprint density at radius 2 is 1.03 bits per heavy atom. The third kappa shape index (κ3) is 10.7. The summed E-state index contributed by atoms with van der Waals surface area (Å²) in [6, 6.07) is 0. The summed E-state index contributed by atoms with van der Waals surface area (Å²) in [6.07, 6.45) is 12.1. The molecule has 0 aliphatic heterocycles. The zero-order chi connectivity index (χ0) is 25.0. The molecule has 0 heterocycles. The number of hydrogen-bond acceptors (Lipinski definition) is 3. The molecule has 3 nitrogen and oxygen atoms in total. The Morgan fingerprint density at radius 1 is 0.606 bits per heavy atom. The maximum Gasteiger partial charge on any atom is 0.126 e. The van der Waals surface area contributed by atoms with Gasteiger partial charge < -0.3 is 14.6 Å². The molecule has 192 valence electrons. The SMILES string of the molecule is Cc1c(C)c(OC(C)CCC[C@H](C)CCC[C@H](C)CCCC(C)C)c(C)c(C)c1OCCO. The van der Waals surface area contributed by atoms with E-state index in [4.69, 9.17) is 14.6 Å². The van der Waals surface area contributed by atoms with Crippen molar-refractivity contribution in [3.63, 3.8) is 0 Å². The third-order valence-corrected chi connectivity index (χ3v) is 7.32. The molecule has 0 spiro atoms. The van der Waals surface area contributed by atoms with Gasteiger partial charge in [-0.2, -0.15) is 0 Å². The minimum absolute atomic E-state index is 0.0298. The van der Waals surface area contributed by atoms with Crippen LogP contribution >= 0.6 is 0 Å². The molecule has 3 heteroatoms. The van der Waals surface area contributed by atoms with E-state index in [0.29, 0.717) is 6.61 Å². The number of aliphatic hydroxyl groups excluding tert-OH is 1. The monoisotopic (exact) mass is 462 g/mol. The second-order valence-corrected chi connectivity index (χ2v) is 11.1. The second-order valence-electron chi connectivity index (χ2n) is 11.1. The smallest absolute Gasteiger partial charge is 0.126 e. The Balaban J connectivity index is 2.41. The summed E-state index contributed by atoms with van der Waals surface area (Å²) in [4.78, 5) is 0. The van der Waals surface area contributed by atoms with Crippen LogP contribution in [0.3, 0.4) is 0 Å². The van der Waals surface area contributed by atoms with Crippen molar-refractivity contribution in [1.82, 2.24) is 0 Å². The van der Waals surface area contributed by atoms with Gasteiger partial charge in [0, 0.05) is 0 Å². The molecule has 1 unspecified atom stereocenters. The summed E-state index contributed by atoms with van der Waals surface area (Å²) in [5.74, 6) is 4.42. The summed E-state index contributed by atoms with van der Waals surface area (Å²) in [7, 11) is 0. The van der Waals surface area contributed by atoms with E-state index < -0.39 is 0 Å². The molecule has 33 heavy (non-hydrogen) atoms. The molecule has 0 saturated carbocycles. The zero-order valence-electron chi connectivity index (χ0n) is 23.4. The fraction of sp³-hybridized carbons (Fsp3) is 0.800. The first-order valence-corrected chi connectivity index (χ1v) is 13.6. The third-order valence-electron chi connectivity index (χ3n) is 7.32. The van der Waals surface area contributed by atoms with Crippen molar-refractivity contribution >= 4 is 0 Å². The molecule has 1 aromatic carbocycles. The van der Waals surface area contributed by atoms with Gasteiger partial charge in [0.15, 0.2) is 0 Å². The van der Waals surface area contributed by atoms with Crippen LogP contribution in [0.2, 0.25) is 0 Å². The van der Waals surface area contributed by atoms with E-state index in [1.54, 1.807) is 0 Å². The van der Waals surface area contributed by atoms with E-state index in [0.717, 1.165) is 57.9 Å². The summed E-state index contributed by atoms with van der Waals surface area (Å²) in [6.45, 7) is 20.4. The first kappa shape index (κ1) is 29.8. The topological polar surface area (TPSA) is 38.7 Å². The predicted octanol–water partition coefficient (Wildman–Crippen LogP) is 8.50. The maximum atomic E-state index is 9.11. The molecule has 1 N–H and O–H groups in total. The van der Waals surface area contributed by atoms with Gasteiger partial charge in [0.25, 0.3) is 0 Å².